The molecule has 152 valence electrons. The number of hydrogen-bond donors (Lipinski definition) is 1. The highest BCUT2D eigenvalue weighted by Crippen LogP contribution is 2.24. The number of nitrogens with zero attached hydrogens (tertiary/aromatic N) is 2. The third-order valence-electron chi connectivity index (χ3n) is 4.89. The summed E-state index contributed by atoms with van der Waals surface area (Å²) in [5.74, 6) is 1.38. The largest absolute Gasteiger partial charge is 0.497 e. The smallest absolute Gasteiger partial charge is 0.248 e. The summed E-state index contributed by atoms with van der Waals surface area (Å²) >= 11 is 1.57. The van der Waals surface area contributed by atoms with Gasteiger partial charge in [-0.1, -0.05) is 24.3 Å². The molecule has 1 fully saturated rings. The number of nitrogens with one attached hydrogen (secondary N) is 1. The van der Waals surface area contributed by atoms with Gasteiger partial charge in [-0.25, -0.2) is 0 Å². The Morgan fingerprint density at radius 2 is 1.97 bits per heavy atom. The third-order valence-corrected chi connectivity index (χ3v) is 5.91. The van der Waals surface area contributed by atoms with Gasteiger partial charge in [-0.2, -0.15) is 0 Å². The van der Waals surface area contributed by atoms with E-state index in [0.29, 0.717) is 23.1 Å². The molecule has 1 N–H and O–H groups in total. The first kappa shape index (κ1) is 20.0. The molecule has 2 aromatic carbocycles. The highest BCUT2D eigenvalue weighted by molar-refractivity contribution is 7.99. The standard InChI is InChI=1S/C23H21N3O3S/c1-29-19-10-8-18(9-11-19)25-23(28)20-14-30-15-26(20)21(27)12-7-17-5-2-4-16-6-3-13-24-22(16)17/h2-13,20H,14-15H2,1H3,(H,25,28)/b12-7+. The summed E-state index contributed by atoms with van der Waals surface area (Å²) in [6, 6.07) is 16.3. The SMILES string of the molecule is COc1ccc(NC(=O)C2CSCN2C(=O)/C=C/c2cccc3cccnc23)cc1. The maximum absolute atomic E-state index is 12.8. The normalized spacial score (nSPS) is 16.2. The number of anilines is 1. The number of ether oxygens (including phenoxy) is 1. The van der Waals surface area contributed by atoms with Gasteiger partial charge in [0.2, 0.25) is 11.8 Å². The Balaban J connectivity index is 1.46. The van der Waals surface area contributed by atoms with Crippen LogP contribution in [0, 0.1) is 0 Å². The first-order valence-corrected chi connectivity index (χ1v) is 10.7. The predicted octanol–water partition coefficient (Wildman–Crippen LogP) is 3.80. The number of aromatic nitrogens is 1. The molecule has 0 spiro atoms. The molecule has 4 rings (SSSR count). The first-order chi connectivity index (χ1) is 14.7. The Labute approximate surface area is 178 Å². The molecular weight excluding hydrogens is 398 g/mol. The van der Waals surface area contributed by atoms with Crippen LogP contribution in [0.1, 0.15) is 5.56 Å². The topological polar surface area (TPSA) is 71.5 Å². The van der Waals surface area contributed by atoms with E-state index in [-0.39, 0.29) is 11.8 Å². The fourth-order valence-corrected chi connectivity index (χ4v) is 4.46. The van der Waals surface area contributed by atoms with Crippen molar-refractivity contribution in [2.45, 2.75) is 6.04 Å². The van der Waals surface area contributed by atoms with Gasteiger partial charge in [-0.3, -0.25) is 14.6 Å². The van der Waals surface area contributed by atoms with Crippen LogP contribution in [-0.2, 0) is 9.59 Å². The molecule has 1 aromatic heterocycles. The fourth-order valence-electron chi connectivity index (χ4n) is 3.30. The van der Waals surface area contributed by atoms with E-state index < -0.39 is 6.04 Å². The molecule has 0 saturated carbocycles. The Hall–Kier alpha value is -3.32. The fraction of sp³-hybridized carbons (Fsp3) is 0.174. The molecule has 1 unspecified atom stereocenters. The Bertz CT molecular complexity index is 1090. The molecular formula is C23H21N3O3S. The zero-order valence-electron chi connectivity index (χ0n) is 16.4. The van der Waals surface area contributed by atoms with Crippen molar-refractivity contribution in [2.24, 2.45) is 0 Å². The molecule has 1 aliphatic heterocycles. The number of carbonyl (C=O) groups is 2. The van der Waals surface area contributed by atoms with Crippen molar-refractivity contribution in [3.05, 3.63) is 72.4 Å². The molecule has 7 heteroatoms. The maximum Gasteiger partial charge on any atom is 0.248 e. The quantitative estimate of drug-likeness (QED) is 0.637. The van der Waals surface area contributed by atoms with Gasteiger partial charge < -0.3 is 15.0 Å². The molecule has 0 radical (unpaired) electrons. The minimum Gasteiger partial charge on any atom is -0.497 e. The highest BCUT2D eigenvalue weighted by Gasteiger charge is 2.33. The van der Waals surface area contributed by atoms with Gasteiger partial charge in [0.05, 0.1) is 18.5 Å². The van der Waals surface area contributed by atoms with Crippen LogP contribution in [-0.4, -0.2) is 46.5 Å². The summed E-state index contributed by atoms with van der Waals surface area (Å²) in [5, 5.41) is 3.90. The second-order valence-electron chi connectivity index (χ2n) is 6.80. The molecule has 0 aliphatic carbocycles. The van der Waals surface area contributed by atoms with E-state index in [1.807, 2.05) is 30.3 Å². The summed E-state index contributed by atoms with van der Waals surface area (Å²) in [6.07, 6.45) is 5.01. The van der Waals surface area contributed by atoms with Crippen molar-refractivity contribution in [1.29, 1.82) is 0 Å². The number of carbonyl (C=O) groups excluding carboxylic acids is 2. The van der Waals surface area contributed by atoms with Crippen molar-refractivity contribution in [1.82, 2.24) is 9.88 Å². The number of methoxy groups -OCH3 is 1. The molecule has 1 aliphatic rings. The monoisotopic (exact) mass is 419 g/mol. The lowest BCUT2D eigenvalue weighted by Crippen LogP contribution is -2.43. The van der Waals surface area contributed by atoms with Crippen LogP contribution >= 0.6 is 11.8 Å². The summed E-state index contributed by atoms with van der Waals surface area (Å²) in [5.41, 5.74) is 2.38. The summed E-state index contributed by atoms with van der Waals surface area (Å²) in [6.45, 7) is 0. The highest BCUT2D eigenvalue weighted by atomic mass is 32.2. The average Bonchev–Trinajstić information content (AvgIpc) is 3.28. The van der Waals surface area contributed by atoms with Gasteiger partial charge in [0.25, 0.3) is 0 Å². The van der Waals surface area contributed by atoms with E-state index in [2.05, 4.69) is 10.3 Å². The molecule has 3 aromatic rings. The zero-order chi connectivity index (χ0) is 20.9. The molecule has 2 amide bonds. The van der Waals surface area contributed by atoms with Gasteiger partial charge >= 0.3 is 0 Å². The summed E-state index contributed by atoms with van der Waals surface area (Å²) in [4.78, 5) is 31.6. The zero-order valence-corrected chi connectivity index (χ0v) is 17.3. The van der Waals surface area contributed by atoms with Gasteiger partial charge in [-0.15, -0.1) is 11.8 Å². The van der Waals surface area contributed by atoms with Crippen molar-refractivity contribution in [3.63, 3.8) is 0 Å². The van der Waals surface area contributed by atoms with Crippen LogP contribution in [0.2, 0.25) is 0 Å². The third kappa shape index (κ3) is 4.31. The number of amides is 2. The van der Waals surface area contributed by atoms with Crippen LogP contribution in [0.3, 0.4) is 0 Å². The Kier molecular flexibility index (Phi) is 5.99. The van der Waals surface area contributed by atoms with E-state index >= 15 is 0 Å². The maximum atomic E-state index is 12.8. The number of thioether (sulfide) groups is 1. The van der Waals surface area contributed by atoms with Gasteiger partial charge in [0, 0.05) is 34.7 Å². The molecule has 0 bridgehead atoms. The van der Waals surface area contributed by atoms with Crippen LogP contribution in [0.5, 0.6) is 5.75 Å². The lowest BCUT2D eigenvalue weighted by molar-refractivity contribution is -0.132. The van der Waals surface area contributed by atoms with Crippen molar-refractivity contribution in [3.8, 4) is 5.75 Å². The van der Waals surface area contributed by atoms with Gasteiger partial charge in [-0.05, 0) is 36.4 Å². The lowest BCUT2D eigenvalue weighted by atomic mass is 10.1. The van der Waals surface area contributed by atoms with Gasteiger partial charge in [0.1, 0.15) is 11.8 Å². The Morgan fingerprint density at radius 3 is 2.77 bits per heavy atom. The number of para-hydroxylation sites is 1. The molecule has 2 heterocycles. The number of pyridine rings is 1. The summed E-state index contributed by atoms with van der Waals surface area (Å²) in [7, 11) is 1.59. The Morgan fingerprint density at radius 1 is 1.17 bits per heavy atom. The van der Waals surface area contributed by atoms with Crippen molar-refractivity contribution >= 4 is 46.2 Å². The van der Waals surface area contributed by atoms with E-state index in [1.54, 1.807) is 60.3 Å². The van der Waals surface area contributed by atoms with E-state index in [4.69, 9.17) is 4.74 Å². The summed E-state index contributed by atoms with van der Waals surface area (Å²) < 4.78 is 5.13. The molecule has 30 heavy (non-hydrogen) atoms. The second-order valence-corrected chi connectivity index (χ2v) is 7.80. The second kappa shape index (κ2) is 9.00. The minimum atomic E-state index is -0.514. The number of fused-ring (bicyclic) bond motifs is 1. The minimum absolute atomic E-state index is 0.192. The van der Waals surface area contributed by atoms with Crippen LogP contribution in [0.4, 0.5) is 5.69 Å². The molecule has 1 saturated heterocycles. The van der Waals surface area contributed by atoms with Crippen LogP contribution < -0.4 is 10.1 Å². The number of benzene rings is 2. The molecule has 1 atom stereocenters. The number of hydrogen-bond acceptors (Lipinski definition) is 5. The van der Waals surface area contributed by atoms with E-state index in [9.17, 15) is 9.59 Å². The van der Waals surface area contributed by atoms with Crippen LogP contribution in [0.25, 0.3) is 17.0 Å². The average molecular weight is 420 g/mol. The number of rotatable bonds is 5. The van der Waals surface area contributed by atoms with Gasteiger partial charge in [0.15, 0.2) is 0 Å². The lowest BCUT2D eigenvalue weighted by Gasteiger charge is -2.21. The van der Waals surface area contributed by atoms with E-state index in [1.165, 1.54) is 6.08 Å². The molecule has 6 nitrogen and oxygen atoms in total. The predicted molar refractivity (Wildman–Crippen MR) is 120 cm³/mol. The van der Waals surface area contributed by atoms with Crippen LogP contribution in [0.15, 0.2) is 66.9 Å². The van der Waals surface area contributed by atoms with Crippen molar-refractivity contribution < 1.29 is 14.3 Å². The van der Waals surface area contributed by atoms with E-state index in [0.717, 1.165) is 16.5 Å². The van der Waals surface area contributed by atoms with Crippen molar-refractivity contribution in [2.75, 3.05) is 24.1 Å². The first-order valence-electron chi connectivity index (χ1n) is 9.51.